The van der Waals surface area contributed by atoms with Crippen molar-refractivity contribution in [2.45, 2.75) is 19.4 Å². The van der Waals surface area contributed by atoms with Crippen molar-refractivity contribution in [1.29, 1.82) is 0 Å². The van der Waals surface area contributed by atoms with Crippen molar-refractivity contribution in [3.8, 4) is 5.75 Å². The second kappa shape index (κ2) is 8.09. The van der Waals surface area contributed by atoms with E-state index in [9.17, 15) is 0 Å². The Morgan fingerprint density at radius 3 is 2.76 bits per heavy atom. The van der Waals surface area contributed by atoms with Gasteiger partial charge in [-0.3, -0.25) is 0 Å². The zero-order valence-electron chi connectivity index (χ0n) is 11.2. The molecule has 3 nitrogen and oxygen atoms in total. The summed E-state index contributed by atoms with van der Waals surface area (Å²) in [7, 11) is 5.93. The van der Waals surface area contributed by atoms with Crippen LogP contribution in [0.4, 0.5) is 0 Å². The van der Waals surface area contributed by atoms with E-state index in [4.69, 9.17) is 4.74 Å². The van der Waals surface area contributed by atoms with Crippen LogP contribution in [0.2, 0.25) is 0 Å². The van der Waals surface area contributed by atoms with E-state index in [1.54, 1.807) is 7.11 Å². The van der Waals surface area contributed by atoms with Gasteiger partial charge in [-0.25, -0.2) is 0 Å². The predicted molar refractivity (Wildman–Crippen MR) is 72.5 cm³/mol. The standard InChI is InChI=1S/C14H24N2O/c1-16(2)10-5-4-9-15-12-13-7-6-8-14(11-13)17-3/h6-8,11,15H,4-5,9-10,12H2,1-3H3. The topological polar surface area (TPSA) is 24.5 Å². The maximum absolute atomic E-state index is 5.19. The van der Waals surface area contributed by atoms with Crippen molar-refractivity contribution in [1.82, 2.24) is 10.2 Å². The summed E-state index contributed by atoms with van der Waals surface area (Å²) in [6.45, 7) is 3.16. The first kappa shape index (κ1) is 14.0. The Morgan fingerprint density at radius 1 is 1.24 bits per heavy atom. The number of rotatable bonds is 8. The Balaban J connectivity index is 2.13. The first-order valence-electron chi connectivity index (χ1n) is 6.21. The van der Waals surface area contributed by atoms with Crippen LogP contribution in [0.15, 0.2) is 24.3 Å². The molecule has 0 heterocycles. The molecule has 1 aromatic rings. The molecule has 0 saturated carbocycles. The van der Waals surface area contributed by atoms with E-state index in [-0.39, 0.29) is 0 Å². The average molecular weight is 236 g/mol. The minimum absolute atomic E-state index is 0.916. The fraction of sp³-hybridized carbons (Fsp3) is 0.571. The molecule has 1 rings (SSSR count). The van der Waals surface area contributed by atoms with Gasteiger partial charge >= 0.3 is 0 Å². The van der Waals surface area contributed by atoms with Crippen molar-refractivity contribution in [2.75, 3.05) is 34.3 Å². The van der Waals surface area contributed by atoms with E-state index in [0.717, 1.165) is 18.8 Å². The number of hydrogen-bond acceptors (Lipinski definition) is 3. The van der Waals surface area contributed by atoms with Crippen LogP contribution in [-0.2, 0) is 6.54 Å². The first-order valence-corrected chi connectivity index (χ1v) is 6.21. The van der Waals surface area contributed by atoms with Gasteiger partial charge in [0.1, 0.15) is 5.75 Å². The lowest BCUT2D eigenvalue weighted by Crippen LogP contribution is -2.18. The van der Waals surface area contributed by atoms with Crippen LogP contribution in [-0.4, -0.2) is 39.2 Å². The highest BCUT2D eigenvalue weighted by Gasteiger charge is 1.96. The summed E-state index contributed by atoms with van der Waals surface area (Å²) >= 11 is 0. The van der Waals surface area contributed by atoms with Crippen LogP contribution < -0.4 is 10.1 Å². The molecule has 0 saturated heterocycles. The predicted octanol–water partition coefficient (Wildman–Crippen LogP) is 2.13. The minimum Gasteiger partial charge on any atom is -0.497 e. The fourth-order valence-corrected chi connectivity index (χ4v) is 1.69. The number of nitrogens with one attached hydrogen (secondary N) is 1. The third-order valence-corrected chi connectivity index (χ3v) is 2.67. The molecular weight excluding hydrogens is 212 g/mol. The van der Waals surface area contributed by atoms with Crippen LogP contribution in [0.3, 0.4) is 0 Å². The lowest BCUT2D eigenvalue weighted by atomic mass is 10.2. The third kappa shape index (κ3) is 6.29. The molecular formula is C14H24N2O. The average Bonchev–Trinajstić information content (AvgIpc) is 2.33. The van der Waals surface area contributed by atoms with Gasteiger partial charge in [0.25, 0.3) is 0 Å². The highest BCUT2D eigenvalue weighted by molar-refractivity contribution is 5.28. The Hall–Kier alpha value is -1.06. The smallest absolute Gasteiger partial charge is 0.119 e. The SMILES string of the molecule is COc1cccc(CNCCCCN(C)C)c1. The number of hydrogen-bond donors (Lipinski definition) is 1. The Labute approximate surface area is 105 Å². The molecule has 0 aromatic heterocycles. The van der Waals surface area contributed by atoms with Crippen molar-refractivity contribution < 1.29 is 4.74 Å². The molecule has 0 aliphatic heterocycles. The van der Waals surface area contributed by atoms with Gasteiger partial charge in [-0.1, -0.05) is 12.1 Å². The maximum atomic E-state index is 5.19. The van der Waals surface area contributed by atoms with Crippen LogP contribution in [0.5, 0.6) is 5.75 Å². The van der Waals surface area contributed by atoms with Crippen molar-refractivity contribution in [3.05, 3.63) is 29.8 Å². The maximum Gasteiger partial charge on any atom is 0.119 e. The van der Waals surface area contributed by atoms with Gasteiger partial charge in [0, 0.05) is 6.54 Å². The molecule has 3 heteroatoms. The van der Waals surface area contributed by atoms with E-state index in [0.29, 0.717) is 0 Å². The fourth-order valence-electron chi connectivity index (χ4n) is 1.69. The highest BCUT2D eigenvalue weighted by atomic mass is 16.5. The zero-order chi connectivity index (χ0) is 12.5. The van der Waals surface area contributed by atoms with E-state index in [1.165, 1.54) is 24.9 Å². The van der Waals surface area contributed by atoms with Gasteiger partial charge in [-0.2, -0.15) is 0 Å². The summed E-state index contributed by atoms with van der Waals surface area (Å²) in [5.74, 6) is 0.928. The lowest BCUT2D eigenvalue weighted by Gasteiger charge is -2.09. The molecule has 0 spiro atoms. The molecule has 1 aromatic carbocycles. The molecule has 0 amide bonds. The highest BCUT2D eigenvalue weighted by Crippen LogP contribution is 2.11. The quantitative estimate of drug-likeness (QED) is 0.700. The summed E-state index contributed by atoms with van der Waals surface area (Å²) in [6, 6.07) is 8.20. The van der Waals surface area contributed by atoms with Crippen LogP contribution in [0.25, 0.3) is 0 Å². The first-order chi connectivity index (χ1) is 8.22. The Kier molecular flexibility index (Phi) is 6.67. The van der Waals surface area contributed by atoms with Gasteiger partial charge in [0.15, 0.2) is 0 Å². The molecule has 0 atom stereocenters. The van der Waals surface area contributed by atoms with Crippen molar-refractivity contribution >= 4 is 0 Å². The van der Waals surface area contributed by atoms with E-state index < -0.39 is 0 Å². The van der Waals surface area contributed by atoms with Crippen molar-refractivity contribution in [2.24, 2.45) is 0 Å². The van der Waals surface area contributed by atoms with Crippen LogP contribution in [0.1, 0.15) is 18.4 Å². The number of benzene rings is 1. The van der Waals surface area contributed by atoms with Crippen LogP contribution >= 0.6 is 0 Å². The Bertz CT molecular complexity index is 313. The number of ether oxygens (including phenoxy) is 1. The van der Waals surface area contributed by atoms with Gasteiger partial charge in [0.2, 0.25) is 0 Å². The summed E-state index contributed by atoms with van der Waals surface area (Å²) < 4.78 is 5.19. The molecule has 0 bridgehead atoms. The molecule has 0 radical (unpaired) electrons. The third-order valence-electron chi connectivity index (χ3n) is 2.67. The molecule has 0 aliphatic rings. The van der Waals surface area contributed by atoms with Gasteiger partial charge in [-0.15, -0.1) is 0 Å². The number of unbranched alkanes of at least 4 members (excludes halogenated alkanes) is 1. The number of nitrogens with zero attached hydrogens (tertiary/aromatic N) is 1. The van der Waals surface area contributed by atoms with Gasteiger partial charge in [-0.05, 0) is 57.7 Å². The summed E-state index contributed by atoms with van der Waals surface area (Å²) in [6.07, 6.45) is 2.47. The number of methoxy groups -OCH3 is 1. The van der Waals surface area contributed by atoms with Crippen molar-refractivity contribution in [3.63, 3.8) is 0 Å². The summed E-state index contributed by atoms with van der Waals surface area (Å²) in [5, 5.41) is 3.45. The second-order valence-corrected chi connectivity index (χ2v) is 4.54. The van der Waals surface area contributed by atoms with Gasteiger partial charge < -0.3 is 15.0 Å². The monoisotopic (exact) mass is 236 g/mol. The van der Waals surface area contributed by atoms with E-state index in [2.05, 4.69) is 36.4 Å². The molecule has 0 unspecified atom stereocenters. The molecule has 0 aliphatic carbocycles. The van der Waals surface area contributed by atoms with Gasteiger partial charge in [0.05, 0.1) is 7.11 Å². The van der Waals surface area contributed by atoms with Crippen LogP contribution in [0, 0.1) is 0 Å². The largest absolute Gasteiger partial charge is 0.497 e. The molecule has 17 heavy (non-hydrogen) atoms. The molecule has 96 valence electrons. The summed E-state index contributed by atoms with van der Waals surface area (Å²) in [5.41, 5.74) is 1.27. The molecule has 0 fully saturated rings. The van der Waals surface area contributed by atoms with E-state index >= 15 is 0 Å². The lowest BCUT2D eigenvalue weighted by molar-refractivity contribution is 0.391. The minimum atomic E-state index is 0.916. The zero-order valence-corrected chi connectivity index (χ0v) is 11.2. The normalized spacial score (nSPS) is 10.8. The molecule has 1 N–H and O–H groups in total. The summed E-state index contributed by atoms with van der Waals surface area (Å²) in [4.78, 5) is 2.22. The van der Waals surface area contributed by atoms with E-state index in [1.807, 2.05) is 12.1 Å². The second-order valence-electron chi connectivity index (χ2n) is 4.54. The Morgan fingerprint density at radius 2 is 2.06 bits per heavy atom.